The average Bonchev–Trinajstić information content (AvgIpc) is 2.82. The van der Waals surface area contributed by atoms with E-state index in [2.05, 4.69) is 37.5 Å². The molecule has 0 aromatic rings. The quantitative estimate of drug-likeness (QED) is 0.197. The van der Waals surface area contributed by atoms with E-state index in [1.807, 2.05) is 0 Å². The zero-order valence-corrected chi connectivity index (χ0v) is 18.7. The summed E-state index contributed by atoms with van der Waals surface area (Å²) in [7, 11) is -16.5. The number of ether oxygens (including phenoxy) is 1. The van der Waals surface area contributed by atoms with Gasteiger partial charge in [-0.05, 0) is 6.08 Å². The third-order valence-corrected chi connectivity index (χ3v) is 8.09. The van der Waals surface area contributed by atoms with Crippen LogP contribution >= 0.6 is 23.5 Å². The lowest BCUT2D eigenvalue weighted by Crippen LogP contribution is -2.51. The molecule has 1 fully saturated rings. The van der Waals surface area contributed by atoms with Crippen LogP contribution in [0.5, 0.6) is 0 Å². The molecule has 0 bridgehead atoms. The van der Waals surface area contributed by atoms with Crippen LogP contribution in [0.15, 0.2) is 37.0 Å². The Morgan fingerprint density at radius 2 is 1.87 bits per heavy atom. The van der Waals surface area contributed by atoms with E-state index in [0.717, 1.165) is 0 Å². The number of terminal acetylenes is 1. The molecule has 0 aromatic heterocycles. The highest BCUT2D eigenvalue weighted by Crippen LogP contribution is 2.66. The number of nitrogens with one attached hydrogen (secondary N) is 1. The fourth-order valence-electron chi connectivity index (χ4n) is 2.80. The van der Waals surface area contributed by atoms with E-state index in [0.29, 0.717) is 5.70 Å². The molecule has 2 rings (SSSR count). The van der Waals surface area contributed by atoms with E-state index in [1.54, 1.807) is 6.08 Å². The van der Waals surface area contributed by atoms with E-state index in [4.69, 9.17) is 20.9 Å². The molecule has 3 unspecified atom stereocenters. The van der Waals surface area contributed by atoms with Crippen molar-refractivity contribution in [1.29, 1.82) is 0 Å². The van der Waals surface area contributed by atoms with E-state index in [-0.39, 0.29) is 5.82 Å². The van der Waals surface area contributed by atoms with Gasteiger partial charge in [-0.2, -0.15) is 8.62 Å². The van der Waals surface area contributed by atoms with Crippen LogP contribution in [0.1, 0.15) is 6.92 Å². The number of allylic oxidation sites excluding steroid dienone is 1. The molecule has 2 aliphatic heterocycles. The van der Waals surface area contributed by atoms with Crippen molar-refractivity contribution in [3.05, 3.63) is 37.0 Å². The third kappa shape index (κ3) is 6.37. The van der Waals surface area contributed by atoms with E-state index in [9.17, 15) is 28.6 Å². The van der Waals surface area contributed by atoms with Gasteiger partial charge < -0.3 is 39.6 Å². The molecule has 0 aromatic carbocycles. The van der Waals surface area contributed by atoms with Crippen molar-refractivity contribution in [2.24, 2.45) is 5.92 Å². The third-order valence-electron chi connectivity index (χ3n) is 4.29. The predicted octanol–water partition coefficient (Wildman–Crippen LogP) is 0.459. The lowest BCUT2D eigenvalue weighted by Gasteiger charge is -2.37. The van der Waals surface area contributed by atoms with Crippen molar-refractivity contribution < 1.29 is 56.3 Å². The summed E-state index contributed by atoms with van der Waals surface area (Å²) in [5.41, 5.74) is -1.40. The number of nitrogens with zero attached hydrogens (tertiary/aromatic N) is 1. The van der Waals surface area contributed by atoms with Crippen LogP contribution in [0.4, 0.5) is 0 Å². The van der Waals surface area contributed by atoms with Crippen LogP contribution in [-0.4, -0.2) is 54.1 Å². The minimum Gasteiger partial charge on any atom is -0.373 e. The molecular formula is C14H21N2O12P3. The SMILES string of the molecule is C#CC1(O)[C@@H](C)[C@@H](COP(=O)(O)OP(=O)(O)OP(=O)(O)O)O[C@H]1N1C=CC(=C)NC1=C. The van der Waals surface area contributed by atoms with E-state index >= 15 is 0 Å². The van der Waals surface area contributed by atoms with Gasteiger partial charge in [0.05, 0.1) is 12.7 Å². The molecule has 6 N–H and O–H groups in total. The van der Waals surface area contributed by atoms with Crippen LogP contribution in [0, 0.1) is 18.3 Å². The summed E-state index contributed by atoms with van der Waals surface area (Å²) in [4.78, 5) is 37.2. The highest BCUT2D eigenvalue weighted by Gasteiger charge is 2.56. The predicted molar refractivity (Wildman–Crippen MR) is 104 cm³/mol. The highest BCUT2D eigenvalue weighted by atomic mass is 31.3. The van der Waals surface area contributed by atoms with Gasteiger partial charge in [0.2, 0.25) is 0 Å². The van der Waals surface area contributed by atoms with Crippen molar-refractivity contribution in [1.82, 2.24) is 10.2 Å². The molecule has 2 heterocycles. The molecule has 6 atom stereocenters. The zero-order chi connectivity index (χ0) is 23.8. The van der Waals surface area contributed by atoms with Crippen LogP contribution in [0.2, 0.25) is 0 Å². The van der Waals surface area contributed by atoms with Gasteiger partial charge >= 0.3 is 23.5 Å². The Labute approximate surface area is 177 Å². The minimum atomic E-state index is -5.66. The highest BCUT2D eigenvalue weighted by molar-refractivity contribution is 7.66. The lowest BCUT2D eigenvalue weighted by atomic mass is 9.86. The maximum atomic E-state index is 11.9. The largest absolute Gasteiger partial charge is 0.490 e. The summed E-state index contributed by atoms with van der Waals surface area (Å²) in [6.45, 7) is 8.16. The second-order valence-corrected chi connectivity index (χ2v) is 10.9. The molecule has 2 aliphatic rings. The molecule has 0 saturated carbocycles. The Bertz CT molecular complexity index is 970. The minimum absolute atomic E-state index is 0.270. The molecule has 0 amide bonds. The summed E-state index contributed by atoms with van der Waals surface area (Å²) in [5.74, 6) is 1.60. The molecule has 1 saturated heterocycles. The lowest BCUT2D eigenvalue weighted by molar-refractivity contribution is -0.0901. The molecule has 0 aliphatic carbocycles. The van der Waals surface area contributed by atoms with Crippen molar-refractivity contribution in [3.63, 3.8) is 0 Å². The van der Waals surface area contributed by atoms with Crippen molar-refractivity contribution >= 4 is 23.5 Å². The molecule has 17 heteroatoms. The molecular weight excluding hydrogens is 481 g/mol. The fraction of sp³-hybridized carbons (Fsp3) is 0.429. The Kier molecular flexibility index (Phi) is 7.47. The van der Waals surface area contributed by atoms with Crippen molar-refractivity contribution in [2.45, 2.75) is 24.9 Å². The molecule has 0 spiro atoms. The number of rotatable bonds is 8. The van der Waals surface area contributed by atoms with Gasteiger partial charge in [0.25, 0.3) is 0 Å². The number of hydrogen-bond acceptors (Lipinski definition) is 10. The number of phosphoric ester groups is 1. The fourth-order valence-corrected chi connectivity index (χ4v) is 5.83. The second kappa shape index (κ2) is 8.92. The van der Waals surface area contributed by atoms with E-state index in [1.165, 1.54) is 18.0 Å². The van der Waals surface area contributed by atoms with Gasteiger partial charge in [-0.25, -0.2) is 13.7 Å². The first-order valence-corrected chi connectivity index (χ1v) is 12.8. The second-order valence-electron chi connectivity index (χ2n) is 6.49. The first-order valence-electron chi connectivity index (χ1n) is 8.25. The Balaban J connectivity index is 2.13. The van der Waals surface area contributed by atoms with E-state index < -0.39 is 53.9 Å². The summed E-state index contributed by atoms with van der Waals surface area (Å²) >= 11 is 0. The van der Waals surface area contributed by atoms with Crippen molar-refractivity contribution in [3.8, 4) is 12.3 Å². The summed E-state index contributed by atoms with van der Waals surface area (Å²) < 4.78 is 51.5. The number of hydrogen-bond donors (Lipinski definition) is 6. The maximum absolute atomic E-state index is 11.9. The van der Waals surface area contributed by atoms with Gasteiger partial charge in [-0.3, -0.25) is 4.52 Å². The van der Waals surface area contributed by atoms with Crippen LogP contribution in [0.3, 0.4) is 0 Å². The average molecular weight is 502 g/mol. The van der Waals surface area contributed by atoms with Crippen molar-refractivity contribution in [2.75, 3.05) is 6.61 Å². The monoisotopic (exact) mass is 502 g/mol. The Morgan fingerprint density at radius 3 is 2.39 bits per heavy atom. The number of phosphoric acid groups is 3. The molecule has 31 heavy (non-hydrogen) atoms. The normalized spacial score (nSPS) is 32.8. The van der Waals surface area contributed by atoms with Gasteiger partial charge in [0, 0.05) is 17.8 Å². The van der Waals surface area contributed by atoms with Crippen LogP contribution < -0.4 is 5.32 Å². The summed E-state index contributed by atoms with van der Waals surface area (Å²) in [6, 6.07) is 0. The topological polar surface area (TPSA) is 205 Å². The summed E-state index contributed by atoms with van der Waals surface area (Å²) in [6.07, 6.45) is 6.21. The first kappa shape index (κ1) is 26.0. The van der Waals surface area contributed by atoms with Gasteiger partial charge in [0.1, 0.15) is 5.82 Å². The summed E-state index contributed by atoms with van der Waals surface area (Å²) in [5, 5.41) is 13.8. The molecule has 14 nitrogen and oxygen atoms in total. The molecule has 0 radical (unpaired) electrons. The van der Waals surface area contributed by atoms with Gasteiger partial charge in [0.15, 0.2) is 11.8 Å². The standard InChI is InChI=1S/C14H21N2O12P3/c1-5-14(17)10(3)12(26-13(14)16-7-6-9(2)15-11(16)4)8-25-30(21,22)28-31(23,24)27-29(18,19)20/h1,6-7,10,12-13,15,17H,2,4,8H2,3H3,(H,21,22)(H,23,24)(H2,18,19,20)/t10-,12+,13+,14?/m0/s1. The zero-order valence-electron chi connectivity index (χ0n) is 16.0. The first-order chi connectivity index (χ1) is 14.0. The molecule has 174 valence electrons. The van der Waals surface area contributed by atoms with Crippen LogP contribution in [0.25, 0.3) is 0 Å². The van der Waals surface area contributed by atoms with Gasteiger partial charge in [-0.15, -0.1) is 6.42 Å². The number of aliphatic hydroxyl groups is 1. The van der Waals surface area contributed by atoms with Gasteiger partial charge in [-0.1, -0.05) is 26.0 Å². The smallest absolute Gasteiger partial charge is 0.373 e. The maximum Gasteiger partial charge on any atom is 0.490 e. The Hall–Kier alpha value is -1.29. The Morgan fingerprint density at radius 1 is 1.26 bits per heavy atom. The van der Waals surface area contributed by atoms with Crippen LogP contribution in [-0.2, 0) is 31.6 Å².